The average Bonchev–Trinajstić information content (AvgIpc) is 3.10. The molecule has 7 nitrogen and oxygen atoms in total. The number of carbonyl (C=O) groups is 1. The molecule has 0 amide bonds. The maximum absolute atomic E-state index is 12.2. The SMILES string of the molecule is COCc1cccc(C(=O)OC/C(O)=C(\C#N)c2nc3ccccc3[nH]2)c1. The Labute approximate surface area is 155 Å². The first kappa shape index (κ1) is 18.2. The summed E-state index contributed by atoms with van der Waals surface area (Å²) in [7, 11) is 1.56. The predicted molar refractivity (Wildman–Crippen MR) is 98.7 cm³/mol. The summed E-state index contributed by atoms with van der Waals surface area (Å²) < 4.78 is 10.2. The quantitative estimate of drug-likeness (QED) is 0.395. The number of aromatic amines is 1. The van der Waals surface area contributed by atoms with Gasteiger partial charge < -0.3 is 19.6 Å². The Morgan fingerprint density at radius 2 is 2.07 bits per heavy atom. The van der Waals surface area contributed by atoms with E-state index in [-0.39, 0.29) is 17.2 Å². The molecule has 2 aromatic carbocycles. The third-order valence-electron chi connectivity index (χ3n) is 3.84. The third-order valence-corrected chi connectivity index (χ3v) is 3.84. The second kappa shape index (κ2) is 8.17. The number of ether oxygens (including phenoxy) is 2. The summed E-state index contributed by atoms with van der Waals surface area (Å²) in [6.45, 7) is -0.0653. The van der Waals surface area contributed by atoms with Gasteiger partial charge in [-0.2, -0.15) is 5.26 Å². The van der Waals surface area contributed by atoms with Crippen LogP contribution in [0.2, 0.25) is 0 Å². The van der Waals surface area contributed by atoms with Crippen molar-refractivity contribution in [1.82, 2.24) is 9.97 Å². The van der Waals surface area contributed by atoms with Crippen molar-refractivity contribution in [2.75, 3.05) is 13.7 Å². The van der Waals surface area contributed by atoms with Gasteiger partial charge in [-0.25, -0.2) is 9.78 Å². The number of allylic oxidation sites excluding steroid dienone is 1. The summed E-state index contributed by atoms with van der Waals surface area (Å²) in [5.74, 6) is -0.770. The minimum absolute atomic E-state index is 0.0767. The highest BCUT2D eigenvalue weighted by molar-refractivity contribution is 5.90. The van der Waals surface area contributed by atoms with Gasteiger partial charge in [0.2, 0.25) is 0 Å². The molecular weight excluding hydrogens is 346 g/mol. The van der Waals surface area contributed by atoms with E-state index in [4.69, 9.17) is 9.47 Å². The molecule has 0 aliphatic heterocycles. The Balaban J connectivity index is 1.76. The van der Waals surface area contributed by atoms with Gasteiger partial charge in [-0.05, 0) is 29.8 Å². The normalized spacial score (nSPS) is 11.7. The molecular formula is C20H17N3O4. The largest absolute Gasteiger partial charge is 0.507 e. The van der Waals surface area contributed by atoms with Gasteiger partial charge in [0.05, 0.1) is 23.2 Å². The first-order valence-electron chi connectivity index (χ1n) is 8.14. The fraction of sp³-hybridized carbons (Fsp3) is 0.150. The summed E-state index contributed by atoms with van der Waals surface area (Å²) in [4.78, 5) is 19.4. The van der Waals surface area contributed by atoms with Crippen LogP contribution in [0.4, 0.5) is 0 Å². The average molecular weight is 363 g/mol. The number of hydrogen-bond donors (Lipinski definition) is 2. The highest BCUT2D eigenvalue weighted by Gasteiger charge is 2.15. The molecule has 0 fully saturated rings. The third kappa shape index (κ3) is 4.14. The van der Waals surface area contributed by atoms with Gasteiger partial charge >= 0.3 is 5.97 Å². The number of aliphatic hydroxyl groups excluding tert-OH is 1. The van der Waals surface area contributed by atoms with Crippen LogP contribution in [-0.2, 0) is 16.1 Å². The topological polar surface area (TPSA) is 108 Å². The van der Waals surface area contributed by atoms with Gasteiger partial charge in [0, 0.05) is 7.11 Å². The summed E-state index contributed by atoms with van der Waals surface area (Å²) in [6, 6.07) is 15.9. The van der Waals surface area contributed by atoms with Crippen molar-refractivity contribution in [3.8, 4) is 6.07 Å². The number of rotatable bonds is 6. The Kier molecular flexibility index (Phi) is 5.50. The van der Waals surface area contributed by atoms with Crippen molar-refractivity contribution in [3.63, 3.8) is 0 Å². The lowest BCUT2D eigenvalue weighted by Gasteiger charge is -2.07. The van der Waals surface area contributed by atoms with Crippen LogP contribution >= 0.6 is 0 Å². The number of methoxy groups -OCH3 is 1. The van der Waals surface area contributed by atoms with E-state index in [1.807, 2.05) is 30.3 Å². The van der Waals surface area contributed by atoms with Crippen molar-refractivity contribution in [2.24, 2.45) is 0 Å². The molecule has 0 unspecified atom stereocenters. The Bertz CT molecular complexity index is 1010. The van der Waals surface area contributed by atoms with Crippen molar-refractivity contribution in [1.29, 1.82) is 5.26 Å². The monoisotopic (exact) mass is 363 g/mol. The number of H-pyrrole nitrogens is 1. The van der Waals surface area contributed by atoms with Crippen molar-refractivity contribution in [2.45, 2.75) is 6.61 Å². The fourth-order valence-corrected chi connectivity index (χ4v) is 2.57. The van der Waals surface area contributed by atoms with E-state index in [0.29, 0.717) is 17.7 Å². The van der Waals surface area contributed by atoms with E-state index in [0.717, 1.165) is 11.1 Å². The Morgan fingerprint density at radius 3 is 2.81 bits per heavy atom. The second-order valence-corrected chi connectivity index (χ2v) is 5.75. The number of nitriles is 1. The van der Waals surface area contributed by atoms with Crippen LogP contribution in [-0.4, -0.2) is 34.8 Å². The van der Waals surface area contributed by atoms with Gasteiger partial charge in [0.15, 0.2) is 11.6 Å². The van der Waals surface area contributed by atoms with Crippen LogP contribution in [0.1, 0.15) is 21.7 Å². The summed E-state index contributed by atoms with van der Waals surface area (Å²) >= 11 is 0. The molecule has 0 saturated heterocycles. The number of fused-ring (bicyclic) bond motifs is 1. The van der Waals surface area contributed by atoms with E-state index in [1.54, 1.807) is 31.4 Å². The maximum Gasteiger partial charge on any atom is 0.338 e. The molecule has 1 heterocycles. The smallest absolute Gasteiger partial charge is 0.338 e. The van der Waals surface area contributed by atoms with Gasteiger partial charge in [-0.1, -0.05) is 24.3 Å². The minimum Gasteiger partial charge on any atom is -0.507 e. The second-order valence-electron chi connectivity index (χ2n) is 5.75. The number of para-hydroxylation sites is 2. The molecule has 0 radical (unpaired) electrons. The molecule has 0 spiro atoms. The Morgan fingerprint density at radius 1 is 1.26 bits per heavy atom. The number of esters is 1. The minimum atomic E-state index is -0.610. The first-order chi connectivity index (χ1) is 13.1. The van der Waals surface area contributed by atoms with Crippen LogP contribution in [0, 0.1) is 11.3 Å². The number of aliphatic hydroxyl groups is 1. The predicted octanol–water partition coefficient (Wildman–Crippen LogP) is 3.36. The lowest BCUT2D eigenvalue weighted by atomic mass is 10.1. The van der Waals surface area contributed by atoms with Gasteiger partial charge in [-0.3, -0.25) is 0 Å². The molecule has 0 saturated carbocycles. The number of benzene rings is 2. The zero-order chi connectivity index (χ0) is 19.2. The summed E-state index contributed by atoms with van der Waals surface area (Å²) in [5, 5.41) is 19.6. The summed E-state index contributed by atoms with van der Waals surface area (Å²) in [5.41, 5.74) is 2.48. The number of imidazole rings is 1. The van der Waals surface area contributed by atoms with E-state index >= 15 is 0 Å². The zero-order valence-electron chi connectivity index (χ0n) is 14.6. The fourth-order valence-electron chi connectivity index (χ4n) is 2.57. The van der Waals surface area contributed by atoms with E-state index in [2.05, 4.69) is 9.97 Å². The lowest BCUT2D eigenvalue weighted by Crippen LogP contribution is -2.09. The van der Waals surface area contributed by atoms with Crippen LogP contribution in [0.15, 0.2) is 54.3 Å². The van der Waals surface area contributed by atoms with Gasteiger partial charge in [0.1, 0.15) is 18.2 Å². The number of aromatic nitrogens is 2. The molecule has 2 N–H and O–H groups in total. The van der Waals surface area contributed by atoms with Crippen LogP contribution in [0.25, 0.3) is 16.6 Å². The molecule has 7 heteroatoms. The number of nitrogens with one attached hydrogen (secondary N) is 1. The van der Waals surface area contributed by atoms with Crippen LogP contribution in [0.5, 0.6) is 0 Å². The van der Waals surface area contributed by atoms with Crippen LogP contribution in [0.3, 0.4) is 0 Å². The van der Waals surface area contributed by atoms with Crippen molar-refractivity contribution in [3.05, 3.63) is 71.2 Å². The molecule has 0 aliphatic rings. The number of nitrogens with zero attached hydrogens (tertiary/aromatic N) is 2. The molecule has 1 aromatic heterocycles. The number of hydrogen-bond acceptors (Lipinski definition) is 6. The van der Waals surface area contributed by atoms with Crippen molar-refractivity contribution < 1.29 is 19.4 Å². The van der Waals surface area contributed by atoms with Crippen molar-refractivity contribution >= 4 is 22.6 Å². The molecule has 0 atom stereocenters. The van der Waals surface area contributed by atoms with E-state index in [1.165, 1.54) is 0 Å². The Hall–Kier alpha value is -3.63. The van der Waals surface area contributed by atoms with Gasteiger partial charge in [0.25, 0.3) is 0 Å². The first-order valence-corrected chi connectivity index (χ1v) is 8.14. The highest BCUT2D eigenvalue weighted by atomic mass is 16.5. The number of carbonyl (C=O) groups excluding carboxylic acids is 1. The lowest BCUT2D eigenvalue weighted by molar-refractivity contribution is 0.0502. The van der Waals surface area contributed by atoms with E-state index < -0.39 is 12.6 Å². The van der Waals surface area contributed by atoms with E-state index in [9.17, 15) is 15.2 Å². The summed E-state index contributed by atoms with van der Waals surface area (Å²) in [6.07, 6.45) is 0. The standard InChI is InChI=1S/C20H17N3O4/c1-26-11-13-5-4-6-14(9-13)20(25)27-12-18(24)15(10-21)19-22-16-7-2-3-8-17(16)23-19/h2-9,24H,11-12H2,1H3,(H,22,23)/b18-15-. The molecule has 27 heavy (non-hydrogen) atoms. The zero-order valence-corrected chi connectivity index (χ0v) is 14.6. The molecule has 3 rings (SSSR count). The molecule has 0 bridgehead atoms. The molecule has 136 valence electrons. The molecule has 3 aromatic rings. The molecule has 0 aliphatic carbocycles. The van der Waals surface area contributed by atoms with Gasteiger partial charge in [-0.15, -0.1) is 0 Å². The highest BCUT2D eigenvalue weighted by Crippen LogP contribution is 2.19. The maximum atomic E-state index is 12.2. The van der Waals surface area contributed by atoms with Crippen LogP contribution < -0.4 is 0 Å².